The van der Waals surface area contributed by atoms with Gasteiger partial charge >= 0.3 is 6.09 Å². The zero-order valence-corrected chi connectivity index (χ0v) is 6.17. The highest BCUT2D eigenvalue weighted by molar-refractivity contribution is 6.30. The van der Waals surface area contributed by atoms with Crippen LogP contribution in [-0.2, 0) is 0 Å². The van der Waals surface area contributed by atoms with E-state index in [9.17, 15) is 4.79 Å². The van der Waals surface area contributed by atoms with Crippen LogP contribution in [0.1, 0.15) is 0 Å². The molecule has 0 aliphatic rings. The highest BCUT2D eigenvalue weighted by atomic mass is 35.5. The molecule has 1 rings (SSSR count). The number of rotatable bonds is 1. The van der Waals surface area contributed by atoms with Crippen LogP contribution in [0.3, 0.4) is 0 Å². The van der Waals surface area contributed by atoms with Crippen molar-refractivity contribution in [2.45, 2.75) is 0 Å². The summed E-state index contributed by atoms with van der Waals surface area (Å²) in [4.78, 5) is 13.8. The lowest BCUT2D eigenvalue weighted by Gasteiger charge is -1.98. The van der Waals surface area contributed by atoms with E-state index in [1.165, 1.54) is 18.5 Å². The number of anilines is 1. The minimum Gasteiger partial charge on any atom is -0.465 e. The molecule has 0 spiro atoms. The first-order valence-corrected chi connectivity index (χ1v) is 3.17. The molecule has 0 aromatic carbocycles. The molecule has 0 bridgehead atoms. The standard InChI is InChI=1S/C6H5ClN2O2/c7-4-1-5(3-8-2-4)9-6(10)11/h1-3,9H,(H,10,11). The van der Waals surface area contributed by atoms with Crippen molar-refractivity contribution >= 4 is 23.4 Å². The molecule has 1 heterocycles. The number of carbonyl (C=O) groups is 1. The molecule has 0 fully saturated rings. The van der Waals surface area contributed by atoms with Crippen LogP contribution in [0, 0.1) is 0 Å². The summed E-state index contributed by atoms with van der Waals surface area (Å²) >= 11 is 5.53. The van der Waals surface area contributed by atoms with Gasteiger partial charge in [0.2, 0.25) is 0 Å². The van der Waals surface area contributed by atoms with E-state index in [1.807, 2.05) is 0 Å². The summed E-state index contributed by atoms with van der Waals surface area (Å²) in [6, 6.07) is 1.47. The molecule has 0 saturated heterocycles. The highest BCUT2D eigenvalue weighted by Crippen LogP contribution is 2.12. The van der Waals surface area contributed by atoms with Crippen molar-refractivity contribution in [2.24, 2.45) is 0 Å². The highest BCUT2D eigenvalue weighted by Gasteiger charge is 1.97. The lowest BCUT2D eigenvalue weighted by Crippen LogP contribution is -2.07. The van der Waals surface area contributed by atoms with Gasteiger partial charge < -0.3 is 5.11 Å². The number of hydrogen-bond acceptors (Lipinski definition) is 2. The topological polar surface area (TPSA) is 62.2 Å². The fourth-order valence-corrected chi connectivity index (χ4v) is 0.778. The van der Waals surface area contributed by atoms with Crippen molar-refractivity contribution in [3.63, 3.8) is 0 Å². The van der Waals surface area contributed by atoms with E-state index in [-0.39, 0.29) is 0 Å². The molecule has 1 aromatic rings. The number of amides is 1. The van der Waals surface area contributed by atoms with Crippen molar-refractivity contribution in [3.05, 3.63) is 23.5 Å². The lowest BCUT2D eigenvalue weighted by atomic mass is 10.4. The van der Waals surface area contributed by atoms with Crippen LogP contribution in [0.15, 0.2) is 18.5 Å². The van der Waals surface area contributed by atoms with Gasteiger partial charge in [-0.25, -0.2) is 4.79 Å². The van der Waals surface area contributed by atoms with Crippen LogP contribution < -0.4 is 5.32 Å². The van der Waals surface area contributed by atoms with Gasteiger partial charge in [-0.05, 0) is 6.07 Å². The number of pyridine rings is 1. The monoisotopic (exact) mass is 172 g/mol. The zero-order chi connectivity index (χ0) is 8.27. The van der Waals surface area contributed by atoms with Gasteiger partial charge in [-0.3, -0.25) is 10.3 Å². The van der Waals surface area contributed by atoms with Crippen LogP contribution in [0.5, 0.6) is 0 Å². The fourth-order valence-electron chi connectivity index (χ4n) is 0.604. The normalized spacial score (nSPS) is 9.18. The predicted molar refractivity (Wildman–Crippen MR) is 40.9 cm³/mol. The minimum absolute atomic E-state index is 0.366. The molecule has 11 heavy (non-hydrogen) atoms. The molecule has 2 N–H and O–H groups in total. The maximum Gasteiger partial charge on any atom is 0.409 e. The van der Waals surface area contributed by atoms with Gasteiger partial charge in [0, 0.05) is 6.20 Å². The number of aromatic nitrogens is 1. The first-order valence-electron chi connectivity index (χ1n) is 2.79. The van der Waals surface area contributed by atoms with Crippen molar-refractivity contribution in [1.82, 2.24) is 4.98 Å². The van der Waals surface area contributed by atoms with Gasteiger partial charge in [0.05, 0.1) is 16.9 Å². The van der Waals surface area contributed by atoms with E-state index in [1.54, 1.807) is 0 Å². The Labute approximate surface area is 67.8 Å². The Morgan fingerprint density at radius 1 is 1.64 bits per heavy atom. The Morgan fingerprint density at radius 2 is 2.36 bits per heavy atom. The van der Waals surface area contributed by atoms with Crippen molar-refractivity contribution in [1.29, 1.82) is 0 Å². The zero-order valence-electron chi connectivity index (χ0n) is 5.41. The molecule has 0 aliphatic carbocycles. The molecule has 0 radical (unpaired) electrons. The first-order chi connectivity index (χ1) is 5.18. The minimum atomic E-state index is -1.13. The number of halogens is 1. The molecule has 1 amide bonds. The van der Waals surface area contributed by atoms with Gasteiger partial charge in [-0.1, -0.05) is 11.6 Å². The second-order valence-electron chi connectivity index (χ2n) is 1.82. The van der Waals surface area contributed by atoms with Gasteiger partial charge in [0.1, 0.15) is 0 Å². The van der Waals surface area contributed by atoms with Gasteiger partial charge in [0.25, 0.3) is 0 Å². The third kappa shape index (κ3) is 2.43. The Morgan fingerprint density at radius 3 is 2.91 bits per heavy atom. The summed E-state index contributed by atoms with van der Waals surface area (Å²) < 4.78 is 0. The Hall–Kier alpha value is -1.29. The van der Waals surface area contributed by atoms with Crippen LogP contribution in [0.2, 0.25) is 5.02 Å². The molecule has 0 saturated carbocycles. The third-order valence-electron chi connectivity index (χ3n) is 0.956. The number of carboxylic acid groups (broad SMARTS) is 1. The van der Waals surface area contributed by atoms with Crippen molar-refractivity contribution in [2.75, 3.05) is 5.32 Å². The second kappa shape index (κ2) is 3.21. The maximum absolute atomic E-state index is 10.1. The summed E-state index contributed by atoms with van der Waals surface area (Å²) in [5.41, 5.74) is 0.366. The molecule has 0 unspecified atom stereocenters. The third-order valence-corrected chi connectivity index (χ3v) is 1.16. The number of nitrogens with one attached hydrogen (secondary N) is 1. The van der Waals surface area contributed by atoms with Gasteiger partial charge in [0.15, 0.2) is 0 Å². The van der Waals surface area contributed by atoms with Crippen LogP contribution in [0.4, 0.5) is 10.5 Å². The SMILES string of the molecule is O=C(O)Nc1cncc(Cl)c1. The van der Waals surface area contributed by atoms with Crippen molar-refractivity contribution < 1.29 is 9.90 Å². The Kier molecular flexibility index (Phi) is 2.28. The van der Waals surface area contributed by atoms with E-state index >= 15 is 0 Å². The smallest absolute Gasteiger partial charge is 0.409 e. The van der Waals surface area contributed by atoms with E-state index in [0.29, 0.717) is 10.7 Å². The second-order valence-corrected chi connectivity index (χ2v) is 2.26. The molecular formula is C6H5ClN2O2. The number of nitrogens with zero attached hydrogens (tertiary/aromatic N) is 1. The van der Waals surface area contributed by atoms with Crippen molar-refractivity contribution in [3.8, 4) is 0 Å². The summed E-state index contributed by atoms with van der Waals surface area (Å²) in [6.07, 6.45) is 1.67. The molecule has 58 valence electrons. The van der Waals surface area contributed by atoms with Gasteiger partial charge in [-0.15, -0.1) is 0 Å². The fraction of sp³-hybridized carbons (Fsp3) is 0. The lowest BCUT2D eigenvalue weighted by molar-refractivity contribution is 0.209. The Bertz CT molecular complexity index is 277. The molecular weight excluding hydrogens is 168 g/mol. The average Bonchev–Trinajstić information content (AvgIpc) is 1.85. The Balaban J connectivity index is 2.79. The average molecular weight is 173 g/mol. The molecule has 5 heteroatoms. The molecule has 0 atom stereocenters. The van der Waals surface area contributed by atoms with Crippen LogP contribution in [0.25, 0.3) is 0 Å². The quantitative estimate of drug-likeness (QED) is 0.679. The summed E-state index contributed by atoms with van der Waals surface area (Å²) in [7, 11) is 0. The van der Waals surface area contributed by atoms with Gasteiger partial charge in [-0.2, -0.15) is 0 Å². The van der Waals surface area contributed by atoms with E-state index in [0.717, 1.165) is 0 Å². The van der Waals surface area contributed by atoms with Crippen LogP contribution in [-0.4, -0.2) is 16.2 Å². The van der Waals surface area contributed by atoms with Crippen LogP contribution >= 0.6 is 11.6 Å². The van der Waals surface area contributed by atoms with E-state index in [2.05, 4.69) is 10.3 Å². The maximum atomic E-state index is 10.1. The largest absolute Gasteiger partial charge is 0.465 e. The summed E-state index contributed by atoms with van der Waals surface area (Å²) in [6.45, 7) is 0. The summed E-state index contributed by atoms with van der Waals surface area (Å²) in [5.74, 6) is 0. The van der Waals surface area contributed by atoms with E-state index < -0.39 is 6.09 Å². The molecule has 0 aliphatic heterocycles. The number of hydrogen-bond donors (Lipinski definition) is 2. The first kappa shape index (κ1) is 7.81. The van der Waals surface area contributed by atoms with E-state index in [4.69, 9.17) is 16.7 Å². The predicted octanol–water partition coefficient (Wildman–Crippen LogP) is 1.82. The molecule has 4 nitrogen and oxygen atoms in total. The molecule has 1 aromatic heterocycles. The summed E-state index contributed by atoms with van der Waals surface area (Å²) in [5, 5.41) is 10.8.